The Morgan fingerprint density at radius 1 is 0.674 bits per heavy atom. The van der Waals surface area contributed by atoms with Crippen LogP contribution in [0.1, 0.15) is 150 Å². The molecule has 0 saturated heterocycles. The summed E-state index contributed by atoms with van der Waals surface area (Å²) in [6, 6.07) is 20.1. The van der Waals surface area contributed by atoms with Crippen molar-refractivity contribution >= 4 is 33.7 Å². The monoisotopic (exact) mass is 611 g/mol. The van der Waals surface area contributed by atoms with Crippen LogP contribution in [0.5, 0.6) is 0 Å². The number of Topliss-reactive ketones (excluding diaryl/α,β-unsaturated/α-hetero) is 1. The van der Waals surface area contributed by atoms with Gasteiger partial charge in [-0.2, -0.15) is 0 Å². The molecule has 2 aromatic heterocycles. The highest BCUT2D eigenvalue weighted by molar-refractivity contribution is 7.10. The minimum absolute atomic E-state index is 0. The Hall–Kier alpha value is -2.98. The van der Waals surface area contributed by atoms with Crippen LogP contribution in [-0.2, 0) is 0 Å². The molecule has 4 aromatic rings. The first kappa shape index (κ1) is 47.0. The Kier molecular flexibility index (Phi) is 29.1. The number of rotatable bonds is 3. The number of thiophene rings is 1. The van der Waals surface area contributed by atoms with E-state index in [-0.39, 0.29) is 28.1 Å². The molecule has 3 nitrogen and oxygen atoms in total. The lowest BCUT2D eigenvalue weighted by molar-refractivity contribution is 0.0994. The van der Waals surface area contributed by atoms with Crippen molar-refractivity contribution in [1.82, 2.24) is 5.16 Å². The lowest BCUT2D eigenvalue weighted by Crippen LogP contribution is -2.10. The van der Waals surface area contributed by atoms with Gasteiger partial charge in [-0.15, -0.1) is 11.3 Å². The molecule has 0 saturated carbocycles. The van der Waals surface area contributed by atoms with Crippen LogP contribution in [0.25, 0.3) is 16.5 Å². The van der Waals surface area contributed by atoms with Crippen molar-refractivity contribution in [1.29, 1.82) is 0 Å². The molecular formula is C39H65NO2S. The van der Waals surface area contributed by atoms with Crippen LogP contribution < -0.4 is 0 Å². The number of hydrogen-bond acceptors (Lipinski definition) is 4. The van der Waals surface area contributed by atoms with Crippen molar-refractivity contribution in [2.75, 3.05) is 0 Å². The molecule has 0 bridgehead atoms. The highest BCUT2D eigenvalue weighted by atomic mass is 32.1. The molecule has 0 unspecified atom stereocenters. The first-order chi connectivity index (χ1) is 19.3. The number of allylic oxidation sites excluding steroid dienone is 2. The van der Waals surface area contributed by atoms with Gasteiger partial charge < -0.3 is 4.52 Å². The maximum atomic E-state index is 11.6. The van der Waals surface area contributed by atoms with Gasteiger partial charge in [0.1, 0.15) is 0 Å². The van der Waals surface area contributed by atoms with Gasteiger partial charge in [0.15, 0.2) is 11.4 Å². The minimum Gasteiger partial charge on any atom is -0.356 e. The fraction of sp³-hybridized carbons (Fsp3) is 0.487. The Morgan fingerprint density at radius 2 is 1.21 bits per heavy atom. The zero-order valence-electron chi connectivity index (χ0n) is 27.0. The van der Waals surface area contributed by atoms with Gasteiger partial charge in [0.2, 0.25) is 0 Å². The van der Waals surface area contributed by atoms with Crippen LogP contribution >= 0.6 is 11.3 Å². The van der Waals surface area contributed by atoms with E-state index in [0.717, 1.165) is 27.8 Å². The molecule has 0 radical (unpaired) electrons. The molecule has 0 amide bonds. The van der Waals surface area contributed by atoms with Gasteiger partial charge >= 0.3 is 0 Å². The third kappa shape index (κ3) is 14.8. The minimum atomic E-state index is 0. The summed E-state index contributed by atoms with van der Waals surface area (Å²) < 4.78 is 5.16. The number of fused-ring (bicyclic) bond motifs is 2. The number of aromatic nitrogens is 1. The summed E-state index contributed by atoms with van der Waals surface area (Å²) in [5.74, 6) is 1.86. The van der Waals surface area contributed by atoms with E-state index in [1.807, 2.05) is 101 Å². The van der Waals surface area contributed by atoms with Crippen LogP contribution in [0.15, 0.2) is 76.6 Å². The first-order valence-electron chi connectivity index (χ1n) is 15.0. The van der Waals surface area contributed by atoms with E-state index >= 15 is 0 Å². The average Bonchev–Trinajstić information content (AvgIpc) is 3.68. The molecule has 0 atom stereocenters. The van der Waals surface area contributed by atoms with E-state index in [0.29, 0.717) is 24.2 Å². The van der Waals surface area contributed by atoms with Crippen molar-refractivity contribution in [3.63, 3.8) is 0 Å². The number of nitrogens with zero attached hydrogens (tertiary/aromatic N) is 1. The van der Waals surface area contributed by atoms with Crippen molar-refractivity contribution in [2.45, 2.75) is 124 Å². The van der Waals surface area contributed by atoms with Gasteiger partial charge in [-0.05, 0) is 52.5 Å². The second-order valence-electron chi connectivity index (χ2n) is 9.38. The van der Waals surface area contributed by atoms with Gasteiger partial charge in [0.05, 0.1) is 5.69 Å². The van der Waals surface area contributed by atoms with Gasteiger partial charge in [0, 0.05) is 22.2 Å². The normalized spacial score (nSPS) is 10.5. The maximum absolute atomic E-state index is 11.6. The fourth-order valence-corrected chi connectivity index (χ4v) is 4.63. The van der Waals surface area contributed by atoms with Crippen LogP contribution in [0.3, 0.4) is 0 Å². The van der Waals surface area contributed by atoms with Crippen LogP contribution in [-0.4, -0.2) is 10.9 Å². The molecule has 0 spiro atoms. The predicted molar refractivity (Wildman–Crippen MR) is 199 cm³/mol. The number of ketones is 1. The fourth-order valence-electron chi connectivity index (χ4n) is 3.89. The molecule has 0 fully saturated rings. The Balaban J connectivity index is -0.000000241. The third-order valence-electron chi connectivity index (χ3n) is 5.73. The zero-order valence-corrected chi connectivity index (χ0v) is 27.9. The SMILES string of the molecule is C.C.C.CC.CC.CC.CC(C)C1=CCC(=O)c2ccccc21.CC(C)c1cccs1.CC(C)c1noc2ccccc12. The molecular weight excluding hydrogens is 547 g/mol. The van der Waals surface area contributed by atoms with Crippen molar-refractivity contribution in [3.8, 4) is 0 Å². The summed E-state index contributed by atoms with van der Waals surface area (Å²) in [5, 5.41) is 7.27. The van der Waals surface area contributed by atoms with Crippen LogP contribution in [0.4, 0.5) is 0 Å². The largest absolute Gasteiger partial charge is 0.356 e. The summed E-state index contributed by atoms with van der Waals surface area (Å²) in [5.41, 5.74) is 5.24. The van der Waals surface area contributed by atoms with Crippen molar-refractivity contribution in [3.05, 3.63) is 93.8 Å². The number of carbonyl (C=O) groups excluding carboxylic acids is 1. The summed E-state index contributed by atoms with van der Waals surface area (Å²) in [7, 11) is 0. The lowest BCUT2D eigenvalue weighted by Gasteiger charge is -2.19. The molecule has 2 heterocycles. The van der Waals surface area contributed by atoms with E-state index in [2.05, 4.69) is 70.3 Å². The number of para-hydroxylation sites is 1. The standard InChI is InChI=1S/C13H14O.C10H11NO.C7H10S.3C2H6.3CH4/c1-9(2)10-7-8-13(14)12-6-4-3-5-11(10)12;1-7(2)10-8-5-3-4-6-9(8)12-11-10;1-6(2)7-4-3-5-8-7;3*1-2;;;/h3-7,9H,8H2,1-2H3;3-7H,1-2H3;3-6H,1-2H3;3*1-2H3;3*1H4. The van der Waals surface area contributed by atoms with E-state index in [9.17, 15) is 4.79 Å². The van der Waals surface area contributed by atoms with Gasteiger partial charge in [0.25, 0.3) is 0 Å². The summed E-state index contributed by atoms with van der Waals surface area (Å²) in [4.78, 5) is 13.1. The molecule has 244 valence electrons. The zero-order chi connectivity index (χ0) is 30.7. The highest BCUT2D eigenvalue weighted by Gasteiger charge is 2.19. The molecule has 2 aromatic carbocycles. The molecule has 1 aliphatic carbocycles. The van der Waals surface area contributed by atoms with E-state index in [1.54, 1.807) is 0 Å². The van der Waals surface area contributed by atoms with E-state index < -0.39 is 0 Å². The molecule has 0 aliphatic heterocycles. The summed E-state index contributed by atoms with van der Waals surface area (Å²) >= 11 is 1.83. The number of benzene rings is 2. The Labute approximate surface area is 270 Å². The second-order valence-corrected chi connectivity index (χ2v) is 10.4. The Morgan fingerprint density at radius 3 is 1.67 bits per heavy atom. The van der Waals surface area contributed by atoms with Gasteiger partial charge in [-0.1, -0.05) is 159 Å². The second kappa shape index (κ2) is 26.6. The first-order valence-corrected chi connectivity index (χ1v) is 15.9. The van der Waals surface area contributed by atoms with Crippen LogP contribution in [0, 0.1) is 5.92 Å². The maximum Gasteiger partial charge on any atom is 0.167 e. The molecule has 0 N–H and O–H groups in total. The van der Waals surface area contributed by atoms with Gasteiger partial charge in [-0.3, -0.25) is 4.79 Å². The average molecular weight is 612 g/mol. The van der Waals surface area contributed by atoms with Crippen LogP contribution in [0.2, 0.25) is 0 Å². The van der Waals surface area contributed by atoms with Crippen molar-refractivity contribution < 1.29 is 9.32 Å². The summed E-state index contributed by atoms with van der Waals surface area (Å²) in [6.45, 7) is 25.0. The molecule has 1 aliphatic rings. The van der Waals surface area contributed by atoms with Crippen molar-refractivity contribution in [2.24, 2.45) is 5.92 Å². The van der Waals surface area contributed by atoms with E-state index in [1.165, 1.54) is 10.5 Å². The summed E-state index contributed by atoms with van der Waals surface area (Å²) in [6.07, 6.45) is 2.62. The number of hydrogen-bond donors (Lipinski definition) is 0. The topological polar surface area (TPSA) is 43.1 Å². The highest BCUT2D eigenvalue weighted by Crippen LogP contribution is 2.31. The predicted octanol–water partition coefficient (Wildman–Crippen LogP) is 14.1. The molecule has 5 rings (SSSR count). The smallest absolute Gasteiger partial charge is 0.167 e. The third-order valence-corrected chi connectivity index (χ3v) is 6.91. The number of carbonyl (C=O) groups is 1. The Bertz CT molecular complexity index is 1230. The molecule has 43 heavy (non-hydrogen) atoms. The van der Waals surface area contributed by atoms with Gasteiger partial charge in [-0.25, -0.2) is 0 Å². The van der Waals surface area contributed by atoms with E-state index in [4.69, 9.17) is 4.52 Å². The quantitative estimate of drug-likeness (QED) is 0.231. The lowest BCUT2D eigenvalue weighted by atomic mass is 9.85. The molecule has 4 heteroatoms.